The van der Waals surface area contributed by atoms with E-state index in [4.69, 9.17) is 14.4 Å². The number of aliphatic hydroxyl groups excluding tert-OH is 1. The number of likely N-dealkylation sites (tertiary alicyclic amines) is 1. The molecule has 26 heavy (non-hydrogen) atoms. The van der Waals surface area contributed by atoms with Gasteiger partial charge in [0.2, 0.25) is 0 Å². The van der Waals surface area contributed by atoms with Crippen LogP contribution in [0.15, 0.2) is 40.9 Å². The Morgan fingerprint density at radius 1 is 1.31 bits per heavy atom. The number of rotatable bonds is 8. The molecular weight excluding hydrogens is 334 g/mol. The van der Waals surface area contributed by atoms with E-state index in [2.05, 4.69) is 15.4 Å². The predicted molar refractivity (Wildman–Crippen MR) is 95.9 cm³/mol. The van der Waals surface area contributed by atoms with Gasteiger partial charge in [0.05, 0.1) is 0 Å². The maximum Gasteiger partial charge on any atom is 0.273 e. The number of para-hydroxylation sites is 1. The van der Waals surface area contributed by atoms with E-state index in [1.165, 1.54) is 0 Å². The summed E-state index contributed by atoms with van der Waals surface area (Å²) in [6, 6.07) is 11.0. The van der Waals surface area contributed by atoms with Gasteiger partial charge in [-0.05, 0) is 44.0 Å². The molecule has 1 aliphatic rings. The lowest BCUT2D eigenvalue weighted by Crippen LogP contribution is -2.40. The Balaban J connectivity index is 1.38. The number of aliphatic hydroxyl groups is 1. The highest BCUT2D eigenvalue weighted by Gasteiger charge is 2.18. The van der Waals surface area contributed by atoms with Crippen LogP contribution < -0.4 is 10.1 Å². The van der Waals surface area contributed by atoms with Crippen molar-refractivity contribution in [3.63, 3.8) is 0 Å². The van der Waals surface area contributed by atoms with E-state index in [1.807, 2.05) is 30.3 Å². The quantitative estimate of drug-likeness (QED) is 0.746. The molecule has 0 unspecified atom stereocenters. The Hall–Kier alpha value is -2.38. The normalized spacial score (nSPS) is 15.7. The predicted octanol–water partition coefficient (Wildman–Crippen LogP) is 1.69. The molecule has 2 aromatic rings. The van der Waals surface area contributed by atoms with Crippen molar-refractivity contribution in [3.05, 3.63) is 47.9 Å². The first-order valence-corrected chi connectivity index (χ1v) is 8.99. The van der Waals surface area contributed by atoms with E-state index in [1.54, 1.807) is 6.07 Å². The third kappa shape index (κ3) is 5.31. The zero-order valence-electron chi connectivity index (χ0n) is 14.8. The summed E-state index contributed by atoms with van der Waals surface area (Å²) in [6.45, 7) is 3.78. The number of hydrogen-bond acceptors (Lipinski definition) is 6. The van der Waals surface area contributed by atoms with Gasteiger partial charge < -0.3 is 24.6 Å². The van der Waals surface area contributed by atoms with Crippen molar-refractivity contribution in [3.8, 4) is 5.75 Å². The number of piperidine rings is 1. The smallest absolute Gasteiger partial charge is 0.273 e. The van der Waals surface area contributed by atoms with Gasteiger partial charge in [0.1, 0.15) is 12.4 Å². The number of benzene rings is 1. The lowest BCUT2D eigenvalue weighted by atomic mass is 9.98. The third-order valence-electron chi connectivity index (χ3n) is 4.59. The minimum atomic E-state index is -0.245. The molecule has 1 fully saturated rings. The summed E-state index contributed by atoms with van der Waals surface area (Å²) in [7, 11) is 0. The van der Waals surface area contributed by atoms with Crippen molar-refractivity contribution in [2.45, 2.75) is 19.4 Å². The molecule has 1 aromatic carbocycles. The summed E-state index contributed by atoms with van der Waals surface area (Å²) < 4.78 is 10.7. The number of hydrogen-bond donors (Lipinski definition) is 2. The van der Waals surface area contributed by atoms with Crippen LogP contribution in [-0.4, -0.2) is 53.9 Å². The van der Waals surface area contributed by atoms with Crippen molar-refractivity contribution in [2.24, 2.45) is 5.92 Å². The SMILES string of the molecule is O=C(NCCN1CCC(CO)CC1)c1cc(COc2ccccc2)on1. The van der Waals surface area contributed by atoms with Crippen LogP contribution in [0.5, 0.6) is 5.75 Å². The Kier molecular flexibility index (Phi) is 6.62. The molecule has 7 heteroatoms. The number of nitrogens with zero attached hydrogens (tertiary/aromatic N) is 2. The van der Waals surface area contributed by atoms with E-state index in [0.717, 1.165) is 38.2 Å². The fourth-order valence-corrected chi connectivity index (χ4v) is 2.97. The summed E-state index contributed by atoms with van der Waals surface area (Å²) in [6.07, 6.45) is 2.02. The van der Waals surface area contributed by atoms with Crippen LogP contribution in [0.4, 0.5) is 0 Å². The number of carbonyl (C=O) groups excluding carboxylic acids is 1. The van der Waals surface area contributed by atoms with Crippen molar-refractivity contribution < 1.29 is 19.2 Å². The fraction of sp³-hybridized carbons (Fsp3) is 0.474. The highest BCUT2D eigenvalue weighted by molar-refractivity contribution is 5.92. The molecule has 1 saturated heterocycles. The summed E-state index contributed by atoms with van der Waals surface area (Å²) in [5.41, 5.74) is 0.260. The largest absolute Gasteiger partial charge is 0.486 e. The van der Waals surface area contributed by atoms with Crippen LogP contribution in [0.1, 0.15) is 29.1 Å². The molecule has 0 saturated carbocycles. The zero-order chi connectivity index (χ0) is 18.2. The standard InChI is InChI=1S/C19H25N3O4/c23-13-15-6-9-22(10-7-15)11-8-20-19(24)18-12-17(26-21-18)14-25-16-4-2-1-3-5-16/h1-5,12,15,23H,6-11,13-14H2,(H,20,24). The highest BCUT2D eigenvalue weighted by Crippen LogP contribution is 2.15. The molecule has 7 nitrogen and oxygen atoms in total. The minimum absolute atomic E-state index is 0.226. The van der Waals surface area contributed by atoms with Crippen LogP contribution in [0, 0.1) is 5.92 Å². The molecule has 0 radical (unpaired) electrons. The van der Waals surface area contributed by atoms with Crippen LogP contribution in [-0.2, 0) is 6.61 Å². The van der Waals surface area contributed by atoms with E-state index < -0.39 is 0 Å². The Labute approximate surface area is 152 Å². The molecule has 1 aliphatic heterocycles. The summed E-state index contributed by atoms with van der Waals surface area (Å²) in [5.74, 6) is 1.42. The van der Waals surface area contributed by atoms with Crippen LogP contribution in [0.25, 0.3) is 0 Å². The molecule has 0 bridgehead atoms. The van der Waals surface area contributed by atoms with Gasteiger partial charge >= 0.3 is 0 Å². The summed E-state index contributed by atoms with van der Waals surface area (Å²) >= 11 is 0. The maximum absolute atomic E-state index is 12.1. The molecule has 3 rings (SSSR count). The average Bonchev–Trinajstić information content (AvgIpc) is 3.17. The Morgan fingerprint density at radius 3 is 2.81 bits per heavy atom. The van der Waals surface area contributed by atoms with Crippen molar-refractivity contribution >= 4 is 5.91 Å². The summed E-state index contributed by atoms with van der Waals surface area (Å²) in [5, 5.41) is 15.8. The first-order chi connectivity index (χ1) is 12.7. The molecule has 0 spiro atoms. The number of nitrogens with one attached hydrogen (secondary N) is 1. The van der Waals surface area contributed by atoms with Gasteiger partial charge in [-0.25, -0.2) is 0 Å². The van der Waals surface area contributed by atoms with Crippen molar-refractivity contribution in [1.82, 2.24) is 15.4 Å². The van der Waals surface area contributed by atoms with Crippen LogP contribution in [0.2, 0.25) is 0 Å². The minimum Gasteiger partial charge on any atom is -0.486 e. The maximum atomic E-state index is 12.1. The first kappa shape index (κ1) is 18.4. The molecule has 140 valence electrons. The van der Waals surface area contributed by atoms with E-state index in [9.17, 15) is 4.79 Å². The highest BCUT2D eigenvalue weighted by atomic mass is 16.5. The first-order valence-electron chi connectivity index (χ1n) is 8.99. The number of ether oxygens (including phenoxy) is 1. The lowest BCUT2D eigenvalue weighted by molar-refractivity contribution is 0.0929. The van der Waals surface area contributed by atoms with Crippen LogP contribution in [0.3, 0.4) is 0 Å². The van der Waals surface area contributed by atoms with Gasteiger partial charge in [-0.15, -0.1) is 0 Å². The van der Waals surface area contributed by atoms with E-state index in [0.29, 0.717) is 18.2 Å². The Morgan fingerprint density at radius 2 is 2.08 bits per heavy atom. The second kappa shape index (κ2) is 9.35. The average molecular weight is 359 g/mol. The molecule has 0 aliphatic carbocycles. The number of carbonyl (C=O) groups is 1. The van der Waals surface area contributed by atoms with Gasteiger partial charge in [-0.1, -0.05) is 23.4 Å². The molecular formula is C19H25N3O4. The van der Waals surface area contributed by atoms with Gasteiger partial charge in [-0.2, -0.15) is 0 Å². The Bertz CT molecular complexity index is 681. The van der Waals surface area contributed by atoms with Crippen LogP contribution >= 0.6 is 0 Å². The zero-order valence-corrected chi connectivity index (χ0v) is 14.8. The van der Waals surface area contributed by atoms with Crippen molar-refractivity contribution in [1.29, 1.82) is 0 Å². The van der Waals surface area contributed by atoms with E-state index >= 15 is 0 Å². The molecule has 1 amide bonds. The van der Waals surface area contributed by atoms with Crippen molar-refractivity contribution in [2.75, 3.05) is 32.8 Å². The summed E-state index contributed by atoms with van der Waals surface area (Å²) in [4.78, 5) is 14.4. The van der Waals surface area contributed by atoms with Gasteiger partial charge in [0.15, 0.2) is 11.5 Å². The second-order valence-corrected chi connectivity index (χ2v) is 6.50. The lowest BCUT2D eigenvalue weighted by Gasteiger charge is -2.30. The number of aromatic nitrogens is 1. The number of amides is 1. The fourth-order valence-electron chi connectivity index (χ4n) is 2.97. The molecule has 1 aromatic heterocycles. The topological polar surface area (TPSA) is 87.8 Å². The molecule has 0 atom stereocenters. The van der Waals surface area contributed by atoms with Gasteiger partial charge in [0, 0.05) is 25.8 Å². The third-order valence-corrected chi connectivity index (χ3v) is 4.59. The molecule has 2 heterocycles. The second-order valence-electron chi connectivity index (χ2n) is 6.50. The van der Waals surface area contributed by atoms with E-state index in [-0.39, 0.29) is 24.8 Å². The monoisotopic (exact) mass is 359 g/mol. The van der Waals surface area contributed by atoms with Gasteiger partial charge in [-0.3, -0.25) is 4.79 Å². The molecule has 2 N–H and O–H groups in total. The van der Waals surface area contributed by atoms with Gasteiger partial charge in [0.25, 0.3) is 5.91 Å².